The van der Waals surface area contributed by atoms with Gasteiger partial charge in [0.05, 0.1) is 0 Å². The third-order valence-electron chi connectivity index (χ3n) is 5.44. The van der Waals surface area contributed by atoms with E-state index in [9.17, 15) is 19.8 Å². The van der Waals surface area contributed by atoms with Gasteiger partial charge in [-0.05, 0) is 38.5 Å². The van der Waals surface area contributed by atoms with Crippen LogP contribution in [0.1, 0.15) is 110 Å². The topological polar surface area (TPSA) is 74.6 Å². The number of ketones is 2. The van der Waals surface area contributed by atoms with Crippen LogP contribution in [0.15, 0.2) is 23.5 Å². The van der Waals surface area contributed by atoms with Crippen molar-refractivity contribution in [2.24, 2.45) is 0 Å². The van der Waals surface area contributed by atoms with Crippen LogP contribution in [0.25, 0.3) is 0 Å². The molecular formula is C24H40O4. The fourth-order valence-corrected chi connectivity index (χ4v) is 3.62. The van der Waals surface area contributed by atoms with Crippen LogP contribution in [0.4, 0.5) is 0 Å². The second-order valence-corrected chi connectivity index (χ2v) is 8.00. The number of rotatable bonds is 16. The highest BCUT2D eigenvalue weighted by Crippen LogP contribution is 2.23. The second-order valence-electron chi connectivity index (χ2n) is 8.00. The van der Waals surface area contributed by atoms with Crippen molar-refractivity contribution in [1.82, 2.24) is 0 Å². The molecule has 4 heteroatoms. The first-order valence-electron chi connectivity index (χ1n) is 11.4. The van der Waals surface area contributed by atoms with E-state index in [4.69, 9.17) is 0 Å². The molecule has 1 aliphatic carbocycles. The molecule has 2 N–H and O–H groups in total. The van der Waals surface area contributed by atoms with Gasteiger partial charge in [0.25, 0.3) is 0 Å². The van der Waals surface area contributed by atoms with Gasteiger partial charge in [-0.15, -0.1) is 0 Å². The summed E-state index contributed by atoms with van der Waals surface area (Å²) in [5.41, 5.74) is -0.155. The summed E-state index contributed by atoms with van der Waals surface area (Å²) >= 11 is 0. The van der Waals surface area contributed by atoms with Gasteiger partial charge >= 0.3 is 0 Å². The highest BCUT2D eigenvalue weighted by atomic mass is 16.3. The molecule has 0 saturated heterocycles. The van der Waals surface area contributed by atoms with E-state index in [-0.39, 0.29) is 36.4 Å². The first-order valence-corrected chi connectivity index (χ1v) is 11.4. The summed E-state index contributed by atoms with van der Waals surface area (Å²) in [6, 6.07) is 0. The lowest BCUT2D eigenvalue weighted by molar-refractivity contribution is -0.123. The molecular weight excluding hydrogens is 352 g/mol. The first kappa shape index (κ1) is 24.6. The summed E-state index contributed by atoms with van der Waals surface area (Å²) in [5, 5.41) is 19.4. The molecule has 0 aromatic rings. The number of Topliss-reactive ketones (excluding diaryl/α,β-unsaturated/α-hetero) is 2. The lowest BCUT2D eigenvalue weighted by Gasteiger charge is -2.18. The van der Waals surface area contributed by atoms with E-state index in [1.807, 2.05) is 0 Å². The van der Waals surface area contributed by atoms with E-state index >= 15 is 0 Å². The average Bonchev–Trinajstić information content (AvgIpc) is 2.68. The van der Waals surface area contributed by atoms with Gasteiger partial charge in [0.15, 0.2) is 11.6 Å². The van der Waals surface area contributed by atoms with E-state index in [0.717, 1.165) is 19.3 Å². The molecule has 1 unspecified atom stereocenters. The minimum atomic E-state index is -1.06. The first-order chi connectivity index (χ1) is 13.6. The van der Waals surface area contributed by atoms with Gasteiger partial charge < -0.3 is 10.2 Å². The van der Waals surface area contributed by atoms with Crippen LogP contribution in [0.3, 0.4) is 0 Å². The third kappa shape index (κ3) is 10.2. The average molecular weight is 393 g/mol. The number of aliphatic hydroxyl groups excluding tert-OH is 2. The monoisotopic (exact) mass is 392 g/mol. The van der Waals surface area contributed by atoms with E-state index < -0.39 is 11.9 Å². The fraction of sp³-hybridized carbons (Fsp3) is 0.750. The van der Waals surface area contributed by atoms with Crippen molar-refractivity contribution in [2.75, 3.05) is 0 Å². The summed E-state index contributed by atoms with van der Waals surface area (Å²) < 4.78 is 0. The Morgan fingerprint density at radius 3 is 2.07 bits per heavy atom. The van der Waals surface area contributed by atoms with Crippen molar-refractivity contribution in [2.45, 2.75) is 116 Å². The molecule has 0 spiro atoms. The Labute approximate surface area is 171 Å². The molecule has 4 nitrogen and oxygen atoms in total. The lowest BCUT2D eigenvalue weighted by Crippen LogP contribution is -2.27. The lowest BCUT2D eigenvalue weighted by atomic mass is 9.89. The molecule has 160 valence electrons. The van der Waals surface area contributed by atoms with E-state index in [1.165, 1.54) is 64.2 Å². The Hall–Kier alpha value is -1.42. The summed E-state index contributed by atoms with van der Waals surface area (Å²) in [6.45, 7) is 2.24. The minimum Gasteiger partial charge on any atom is -0.509 e. The third-order valence-corrected chi connectivity index (χ3v) is 5.44. The number of aliphatic hydroxyl groups is 2. The molecule has 0 aromatic heterocycles. The normalized spacial score (nSPS) is 17.6. The quantitative estimate of drug-likeness (QED) is 0.188. The SMILES string of the molecule is CCCCCC/C=C\CCCCCCCCCC(=O)C1=C(O)C(O)CCC1=O. The van der Waals surface area contributed by atoms with Gasteiger partial charge in [0, 0.05) is 12.8 Å². The van der Waals surface area contributed by atoms with Crippen molar-refractivity contribution < 1.29 is 19.8 Å². The van der Waals surface area contributed by atoms with Crippen LogP contribution >= 0.6 is 0 Å². The van der Waals surface area contributed by atoms with Crippen molar-refractivity contribution >= 4 is 11.6 Å². The van der Waals surface area contributed by atoms with Crippen LogP contribution in [0.5, 0.6) is 0 Å². The van der Waals surface area contributed by atoms with E-state index in [2.05, 4.69) is 19.1 Å². The summed E-state index contributed by atoms with van der Waals surface area (Å²) in [4.78, 5) is 23.9. The van der Waals surface area contributed by atoms with Crippen molar-refractivity contribution in [3.05, 3.63) is 23.5 Å². The second kappa shape index (κ2) is 15.5. The van der Waals surface area contributed by atoms with Crippen molar-refractivity contribution in [3.63, 3.8) is 0 Å². The fourth-order valence-electron chi connectivity index (χ4n) is 3.62. The summed E-state index contributed by atoms with van der Waals surface area (Å²) in [5.74, 6) is -1.07. The van der Waals surface area contributed by atoms with Gasteiger partial charge in [0.1, 0.15) is 17.4 Å². The highest BCUT2D eigenvalue weighted by molar-refractivity contribution is 6.21. The maximum Gasteiger partial charge on any atom is 0.170 e. The number of unbranched alkanes of at least 4 members (excludes halogenated alkanes) is 11. The van der Waals surface area contributed by atoms with Crippen LogP contribution in [0, 0.1) is 0 Å². The zero-order valence-corrected chi connectivity index (χ0v) is 17.8. The maximum absolute atomic E-state index is 12.1. The number of carbonyl (C=O) groups is 2. The Morgan fingerprint density at radius 1 is 0.929 bits per heavy atom. The standard InChI is InChI=1S/C24H40O4/c1-2-3-4-5-6-7-8-9-10-11-12-13-14-15-16-17-20(25)23-21(26)18-19-22(27)24(23)28/h7-8,22,27-28H,2-6,9-19H2,1H3/b8-7-. The van der Waals surface area contributed by atoms with Gasteiger partial charge in [-0.25, -0.2) is 0 Å². The number of hydrogen-bond donors (Lipinski definition) is 2. The number of hydrogen-bond acceptors (Lipinski definition) is 4. The molecule has 1 atom stereocenters. The molecule has 1 aliphatic rings. The Kier molecular flexibility index (Phi) is 13.6. The molecule has 28 heavy (non-hydrogen) atoms. The molecule has 0 aliphatic heterocycles. The molecule has 0 heterocycles. The van der Waals surface area contributed by atoms with Gasteiger partial charge in [-0.2, -0.15) is 0 Å². The Bertz CT molecular complexity index is 519. The smallest absolute Gasteiger partial charge is 0.170 e. The van der Waals surface area contributed by atoms with E-state index in [0.29, 0.717) is 0 Å². The molecule has 1 rings (SSSR count). The predicted molar refractivity (Wildman–Crippen MR) is 114 cm³/mol. The van der Waals surface area contributed by atoms with Gasteiger partial charge in [0.2, 0.25) is 0 Å². The number of allylic oxidation sites excluding steroid dienone is 3. The number of carbonyl (C=O) groups excluding carboxylic acids is 2. The van der Waals surface area contributed by atoms with Crippen LogP contribution in [0.2, 0.25) is 0 Å². The Balaban J connectivity index is 1.98. The zero-order chi connectivity index (χ0) is 20.6. The molecule has 0 aromatic carbocycles. The van der Waals surface area contributed by atoms with Gasteiger partial charge in [-0.1, -0.05) is 70.4 Å². The molecule has 0 bridgehead atoms. The van der Waals surface area contributed by atoms with Crippen molar-refractivity contribution in [1.29, 1.82) is 0 Å². The largest absolute Gasteiger partial charge is 0.509 e. The Morgan fingerprint density at radius 2 is 1.46 bits per heavy atom. The molecule has 0 amide bonds. The van der Waals surface area contributed by atoms with E-state index in [1.54, 1.807) is 0 Å². The highest BCUT2D eigenvalue weighted by Gasteiger charge is 2.30. The van der Waals surface area contributed by atoms with Gasteiger partial charge in [-0.3, -0.25) is 9.59 Å². The molecule has 0 saturated carbocycles. The van der Waals surface area contributed by atoms with Crippen LogP contribution in [-0.4, -0.2) is 27.9 Å². The maximum atomic E-state index is 12.1. The summed E-state index contributed by atoms with van der Waals surface area (Å²) in [6.07, 6.45) is 19.7. The van der Waals surface area contributed by atoms with Crippen molar-refractivity contribution in [3.8, 4) is 0 Å². The summed E-state index contributed by atoms with van der Waals surface area (Å²) in [7, 11) is 0. The zero-order valence-electron chi connectivity index (χ0n) is 17.8. The van der Waals surface area contributed by atoms with Crippen LogP contribution in [-0.2, 0) is 9.59 Å². The predicted octanol–water partition coefficient (Wildman–Crippen LogP) is 6.13. The molecule has 0 fully saturated rings. The van der Waals surface area contributed by atoms with Crippen LogP contribution < -0.4 is 0 Å². The molecule has 0 radical (unpaired) electrons. The minimum absolute atomic E-state index is 0.139.